The molecule has 112 valence electrons. The van der Waals surface area contributed by atoms with Gasteiger partial charge in [-0.2, -0.15) is 0 Å². The molecule has 0 bridgehead atoms. The summed E-state index contributed by atoms with van der Waals surface area (Å²) in [5.41, 5.74) is 2.28. The standard InChI is InChI=1S/C16H26N2O2/c1-12(2)10-15(16(19)20)18(5)11-13-6-8-14(9-7-13)17(3)4/h6-9,12,15H,10-11H2,1-5H3,(H,19,20)/t15-/m0/s1. The van der Waals surface area contributed by atoms with Gasteiger partial charge in [0.1, 0.15) is 6.04 Å². The van der Waals surface area contributed by atoms with Crippen LogP contribution in [0, 0.1) is 5.92 Å². The lowest BCUT2D eigenvalue weighted by atomic mass is 10.0. The van der Waals surface area contributed by atoms with Gasteiger partial charge in [-0.15, -0.1) is 0 Å². The van der Waals surface area contributed by atoms with E-state index >= 15 is 0 Å². The third kappa shape index (κ3) is 4.85. The Morgan fingerprint density at radius 1 is 1.15 bits per heavy atom. The Kier molecular flexibility index (Phi) is 6.02. The van der Waals surface area contributed by atoms with Gasteiger partial charge in [0.15, 0.2) is 0 Å². The van der Waals surface area contributed by atoms with Gasteiger partial charge in [0.25, 0.3) is 0 Å². The maximum atomic E-state index is 11.4. The lowest BCUT2D eigenvalue weighted by Gasteiger charge is -2.26. The normalized spacial score (nSPS) is 12.8. The first-order valence-corrected chi connectivity index (χ1v) is 7.00. The number of hydrogen-bond acceptors (Lipinski definition) is 3. The van der Waals surface area contributed by atoms with Gasteiger partial charge >= 0.3 is 5.97 Å². The summed E-state index contributed by atoms with van der Waals surface area (Å²) in [6.07, 6.45) is 0.668. The topological polar surface area (TPSA) is 43.8 Å². The number of benzene rings is 1. The van der Waals surface area contributed by atoms with Crippen LogP contribution in [-0.2, 0) is 11.3 Å². The van der Waals surface area contributed by atoms with Crippen molar-refractivity contribution in [2.45, 2.75) is 32.9 Å². The predicted molar refractivity (Wildman–Crippen MR) is 83.1 cm³/mol. The average molecular weight is 278 g/mol. The molecule has 1 N–H and O–H groups in total. The number of rotatable bonds is 7. The number of carboxylic acid groups (broad SMARTS) is 1. The van der Waals surface area contributed by atoms with Crippen molar-refractivity contribution in [3.63, 3.8) is 0 Å². The number of aliphatic carboxylic acids is 1. The fourth-order valence-corrected chi connectivity index (χ4v) is 2.21. The third-order valence-corrected chi connectivity index (χ3v) is 3.40. The van der Waals surface area contributed by atoms with Crippen molar-refractivity contribution in [2.75, 3.05) is 26.0 Å². The van der Waals surface area contributed by atoms with Crippen LogP contribution in [0.4, 0.5) is 5.69 Å². The number of carboxylic acids is 1. The predicted octanol–water partition coefficient (Wildman–Crippen LogP) is 2.68. The molecule has 0 radical (unpaired) electrons. The molecule has 20 heavy (non-hydrogen) atoms. The Bertz CT molecular complexity index is 427. The summed E-state index contributed by atoms with van der Waals surface area (Å²) >= 11 is 0. The van der Waals surface area contributed by atoms with Crippen LogP contribution in [0.2, 0.25) is 0 Å². The van der Waals surface area contributed by atoms with Crippen LogP contribution in [0.3, 0.4) is 0 Å². The number of likely N-dealkylation sites (N-methyl/N-ethyl adjacent to an activating group) is 1. The Morgan fingerprint density at radius 2 is 1.70 bits per heavy atom. The number of hydrogen-bond donors (Lipinski definition) is 1. The van der Waals surface area contributed by atoms with Crippen molar-refractivity contribution >= 4 is 11.7 Å². The molecule has 0 aromatic heterocycles. The van der Waals surface area contributed by atoms with Crippen LogP contribution in [0.15, 0.2) is 24.3 Å². The molecule has 4 nitrogen and oxygen atoms in total. The van der Waals surface area contributed by atoms with Gasteiger partial charge in [-0.1, -0.05) is 26.0 Å². The van der Waals surface area contributed by atoms with Gasteiger partial charge < -0.3 is 10.0 Å². The Labute approximate surface area is 122 Å². The van der Waals surface area contributed by atoms with Gasteiger partial charge in [-0.05, 0) is 37.1 Å². The molecule has 0 amide bonds. The molecule has 0 saturated heterocycles. The second-order valence-electron chi connectivity index (χ2n) is 5.96. The van der Waals surface area contributed by atoms with Crippen molar-refractivity contribution in [3.05, 3.63) is 29.8 Å². The van der Waals surface area contributed by atoms with E-state index in [-0.39, 0.29) is 0 Å². The molecule has 1 atom stereocenters. The highest BCUT2D eigenvalue weighted by Gasteiger charge is 2.23. The number of carbonyl (C=O) groups is 1. The van der Waals surface area contributed by atoms with E-state index < -0.39 is 12.0 Å². The Hall–Kier alpha value is -1.55. The maximum absolute atomic E-state index is 11.4. The molecule has 0 unspecified atom stereocenters. The zero-order chi connectivity index (χ0) is 15.3. The Balaban J connectivity index is 2.72. The van der Waals surface area contributed by atoms with Gasteiger partial charge in [-0.3, -0.25) is 9.69 Å². The van der Waals surface area contributed by atoms with Crippen molar-refractivity contribution in [1.82, 2.24) is 4.90 Å². The number of nitrogens with zero attached hydrogens (tertiary/aromatic N) is 2. The summed E-state index contributed by atoms with van der Waals surface area (Å²) in [4.78, 5) is 15.3. The molecule has 0 saturated carbocycles. The van der Waals surface area contributed by atoms with Gasteiger partial charge in [0.2, 0.25) is 0 Å². The van der Waals surface area contributed by atoms with Gasteiger partial charge in [0, 0.05) is 26.3 Å². The molecule has 1 aromatic rings. The van der Waals surface area contributed by atoms with E-state index in [0.29, 0.717) is 18.9 Å². The van der Waals surface area contributed by atoms with E-state index in [0.717, 1.165) is 11.3 Å². The minimum Gasteiger partial charge on any atom is -0.480 e. The molecular weight excluding hydrogens is 252 g/mol. The lowest BCUT2D eigenvalue weighted by Crippen LogP contribution is -2.39. The van der Waals surface area contributed by atoms with E-state index in [1.807, 2.05) is 30.9 Å². The minimum atomic E-state index is -0.744. The molecule has 0 aliphatic rings. The monoisotopic (exact) mass is 278 g/mol. The first-order valence-electron chi connectivity index (χ1n) is 7.00. The van der Waals surface area contributed by atoms with E-state index in [1.165, 1.54) is 0 Å². The minimum absolute atomic E-state index is 0.370. The number of anilines is 1. The summed E-state index contributed by atoms with van der Waals surface area (Å²) in [7, 11) is 5.88. The summed E-state index contributed by atoms with van der Waals surface area (Å²) < 4.78 is 0. The summed E-state index contributed by atoms with van der Waals surface area (Å²) in [5.74, 6) is -0.374. The molecular formula is C16H26N2O2. The highest BCUT2D eigenvalue weighted by molar-refractivity contribution is 5.73. The van der Waals surface area contributed by atoms with Crippen molar-refractivity contribution in [3.8, 4) is 0 Å². The first-order chi connectivity index (χ1) is 9.31. The van der Waals surface area contributed by atoms with Crippen LogP contribution in [0.5, 0.6) is 0 Å². The van der Waals surface area contributed by atoms with Gasteiger partial charge in [-0.25, -0.2) is 0 Å². The van der Waals surface area contributed by atoms with Crippen LogP contribution in [0.1, 0.15) is 25.8 Å². The van der Waals surface area contributed by atoms with E-state index in [9.17, 15) is 9.90 Å². The van der Waals surface area contributed by atoms with Gasteiger partial charge in [0.05, 0.1) is 0 Å². The molecule has 0 heterocycles. The molecule has 0 aliphatic carbocycles. The highest BCUT2D eigenvalue weighted by atomic mass is 16.4. The lowest BCUT2D eigenvalue weighted by molar-refractivity contribution is -0.143. The van der Waals surface area contributed by atoms with Crippen molar-refractivity contribution in [2.24, 2.45) is 5.92 Å². The summed E-state index contributed by atoms with van der Waals surface area (Å²) in [6.45, 7) is 4.75. The third-order valence-electron chi connectivity index (χ3n) is 3.40. The van der Waals surface area contributed by atoms with Crippen LogP contribution < -0.4 is 4.90 Å². The van der Waals surface area contributed by atoms with Crippen molar-refractivity contribution in [1.29, 1.82) is 0 Å². The van der Waals surface area contributed by atoms with Crippen LogP contribution in [-0.4, -0.2) is 43.2 Å². The smallest absolute Gasteiger partial charge is 0.320 e. The average Bonchev–Trinajstić information content (AvgIpc) is 2.35. The zero-order valence-electron chi connectivity index (χ0n) is 13.1. The fourth-order valence-electron chi connectivity index (χ4n) is 2.21. The zero-order valence-corrected chi connectivity index (χ0v) is 13.1. The van der Waals surface area contributed by atoms with E-state index in [4.69, 9.17) is 0 Å². The summed E-state index contributed by atoms with van der Waals surface area (Å²) in [5, 5.41) is 9.34. The molecule has 4 heteroatoms. The second kappa shape index (κ2) is 7.29. The molecule has 0 fully saturated rings. The molecule has 0 spiro atoms. The SMILES string of the molecule is CC(C)C[C@@H](C(=O)O)N(C)Cc1ccc(N(C)C)cc1. The quantitative estimate of drug-likeness (QED) is 0.833. The molecule has 0 aliphatic heterocycles. The second-order valence-corrected chi connectivity index (χ2v) is 5.96. The largest absolute Gasteiger partial charge is 0.480 e. The fraction of sp³-hybridized carbons (Fsp3) is 0.562. The maximum Gasteiger partial charge on any atom is 0.320 e. The Morgan fingerprint density at radius 3 is 2.10 bits per heavy atom. The van der Waals surface area contributed by atoms with Crippen molar-refractivity contribution < 1.29 is 9.90 Å². The molecule has 1 rings (SSSR count). The van der Waals surface area contributed by atoms with E-state index in [2.05, 4.69) is 38.1 Å². The summed E-state index contributed by atoms with van der Waals surface area (Å²) in [6, 6.07) is 7.80. The molecule has 1 aromatic carbocycles. The van der Waals surface area contributed by atoms with E-state index in [1.54, 1.807) is 0 Å². The van der Waals surface area contributed by atoms with Crippen LogP contribution >= 0.6 is 0 Å². The first kappa shape index (κ1) is 16.5. The highest BCUT2D eigenvalue weighted by Crippen LogP contribution is 2.16. The van der Waals surface area contributed by atoms with Crippen LogP contribution in [0.25, 0.3) is 0 Å².